The SMILES string of the molecule is CC(=O)Nc1ccc(O)cc1.CNC[C@H](O)c1cccc(O)c1. The van der Waals surface area contributed by atoms with E-state index in [-0.39, 0.29) is 17.4 Å². The summed E-state index contributed by atoms with van der Waals surface area (Å²) in [6.07, 6.45) is -0.554. The van der Waals surface area contributed by atoms with Gasteiger partial charge in [-0.3, -0.25) is 4.79 Å². The van der Waals surface area contributed by atoms with Crippen molar-refractivity contribution >= 4 is 11.6 Å². The number of phenolic OH excluding ortho intramolecular Hbond substituents is 2. The lowest BCUT2D eigenvalue weighted by Gasteiger charge is -2.09. The molecular weight excluding hydrogens is 296 g/mol. The minimum atomic E-state index is -0.554. The first-order valence-electron chi connectivity index (χ1n) is 7.10. The van der Waals surface area contributed by atoms with Crippen LogP contribution in [0.1, 0.15) is 18.6 Å². The monoisotopic (exact) mass is 318 g/mol. The highest BCUT2D eigenvalue weighted by Crippen LogP contribution is 2.17. The van der Waals surface area contributed by atoms with Crippen molar-refractivity contribution in [1.82, 2.24) is 5.32 Å². The molecule has 2 rings (SSSR count). The Hall–Kier alpha value is -2.57. The number of carbonyl (C=O) groups is 1. The largest absolute Gasteiger partial charge is 0.508 e. The first kappa shape index (κ1) is 18.5. The highest BCUT2D eigenvalue weighted by Gasteiger charge is 2.05. The number of amides is 1. The summed E-state index contributed by atoms with van der Waals surface area (Å²) in [4.78, 5) is 10.5. The number of aliphatic hydroxyl groups is 1. The minimum absolute atomic E-state index is 0.115. The molecule has 6 heteroatoms. The average molecular weight is 318 g/mol. The number of hydrogen-bond donors (Lipinski definition) is 5. The van der Waals surface area contributed by atoms with E-state index in [4.69, 9.17) is 10.2 Å². The van der Waals surface area contributed by atoms with Crippen molar-refractivity contribution in [3.05, 3.63) is 54.1 Å². The molecular formula is C17H22N2O4. The number of rotatable bonds is 4. The van der Waals surface area contributed by atoms with Crippen molar-refractivity contribution < 1.29 is 20.1 Å². The van der Waals surface area contributed by atoms with Gasteiger partial charge in [-0.05, 0) is 49.0 Å². The average Bonchev–Trinajstić information content (AvgIpc) is 2.50. The molecule has 2 aromatic carbocycles. The van der Waals surface area contributed by atoms with Crippen LogP contribution in [0.4, 0.5) is 5.69 Å². The number of benzene rings is 2. The second-order valence-electron chi connectivity index (χ2n) is 4.90. The summed E-state index contributed by atoms with van der Waals surface area (Å²) in [5.41, 5.74) is 1.42. The van der Waals surface area contributed by atoms with Crippen LogP contribution in [-0.4, -0.2) is 34.8 Å². The van der Waals surface area contributed by atoms with Crippen LogP contribution in [0.3, 0.4) is 0 Å². The zero-order valence-corrected chi connectivity index (χ0v) is 13.2. The number of aromatic hydroxyl groups is 2. The van der Waals surface area contributed by atoms with Crippen molar-refractivity contribution in [2.24, 2.45) is 0 Å². The Labute approximate surface area is 135 Å². The van der Waals surface area contributed by atoms with Crippen molar-refractivity contribution in [2.45, 2.75) is 13.0 Å². The molecule has 0 aliphatic rings. The molecule has 0 aliphatic heterocycles. The highest BCUT2D eigenvalue weighted by molar-refractivity contribution is 5.88. The van der Waals surface area contributed by atoms with Gasteiger partial charge in [0, 0.05) is 19.2 Å². The van der Waals surface area contributed by atoms with Gasteiger partial charge in [0.05, 0.1) is 6.10 Å². The van der Waals surface area contributed by atoms with Gasteiger partial charge in [0.2, 0.25) is 5.91 Å². The summed E-state index contributed by atoms with van der Waals surface area (Å²) >= 11 is 0. The zero-order chi connectivity index (χ0) is 17.2. The third kappa shape index (κ3) is 7.30. The maximum absolute atomic E-state index is 10.5. The van der Waals surface area contributed by atoms with E-state index in [2.05, 4.69) is 10.6 Å². The molecule has 0 aliphatic carbocycles. The first-order chi connectivity index (χ1) is 10.9. The van der Waals surface area contributed by atoms with Gasteiger partial charge in [0.1, 0.15) is 11.5 Å². The standard InChI is InChI=1S/C9H13NO2.C8H9NO2/c1-10-6-9(12)7-3-2-4-8(11)5-7;1-6(10)9-7-2-4-8(11)5-3-7/h2-5,9-12H,6H2,1H3;2-5,11H,1H3,(H,9,10)/t9-;/m0./s1. The van der Waals surface area contributed by atoms with E-state index in [1.165, 1.54) is 19.1 Å². The van der Waals surface area contributed by atoms with Crippen LogP contribution in [0, 0.1) is 0 Å². The normalized spacial score (nSPS) is 11.1. The number of likely N-dealkylation sites (N-methyl/N-ethyl adjacent to an activating group) is 1. The molecule has 0 bridgehead atoms. The van der Waals surface area contributed by atoms with Crippen LogP contribution < -0.4 is 10.6 Å². The maximum atomic E-state index is 10.5. The van der Waals surface area contributed by atoms with Crippen LogP contribution in [-0.2, 0) is 4.79 Å². The van der Waals surface area contributed by atoms with Crippen LogP contribution >= 0.6 is 0 Å². The van der Waals surface area contributed by atoms with E-state index in [1.807, 2.05) is 0 Å². The molecule has 0 saturated heterocycles. The molecule has 23 heavy (non-hydrogen) atoms. The van der Waals surface area contributed by atoms with Crippen LogP contribution in [0.2, 0.25) is 0 Å². The Morgan fingerprint density at radius 3 is 2.26 bits per heavy atom. The highest BCUT2D eigenvalue weighted by atomic mass is 16.3. The van der Waals surface area contributed by atoms with Crippen molar-refractivity contribution in [3.8, 4) is 11.5 Å². The van der Waals surface area contributed by atoms with Crippen molar-refractivity contribution in [1.29, 1.82) is 0 Å². The van der Waals surface area contributed by atoms with Gasteiger partial charge in [-0.25, -0.2) is 0 Å². The quantitative estimate of drug-likeness (QED) is 0.555. The lowest BCUT2D eigenvalue weighted by atomic mass is 10.1. The van der Waals surface area contributed by atoms with Gasteiger partial charge >= 0.3 is 0 Å². The Kier molecular flexibility index (Phi) is 7.59. The first-order valence-corrected chi connectivity index (χ1v) is 7.10. The third-order valence-corrected chi connectivity index (χ3v) is 2.84. The van der Waals surface area contributed by atoms with Crippen LogP contribution in [0.25, 0.3) is 0 Å². The van der Waals surface area contributed by atoms with Gasteiger partial charge in [0.15, 0.2) is 0 Å². The molecule has 0 spiro atoms. The molecule has 5 N–H and O–H groups in total. The van der Waals surface area contributed by atoms with Crippen LogP contribution in [0.5, 0.6) is 11.5 Å². The van der Waals surface area contributed by atoms with E-state index >= 15 is 0 Å². The molecule has 0 unspecified atom stereocenters. The Bertz CT molecular complexity index is 614. The number of phenols is 2. The molecule has 2 aromatic rings. The predicted octanol–water partition coefficient (Wildman–Crippen LogP) is 2.00. The van der Waals surface area contributed by atoms with Gasteiger partial charge in [-0.15, -0.1) is 0 Å². The van der Waals surface area contributed by atoms with E-state index in [9.17, 15) is 9.90 Å². The fraction of sp³-hybridized carbons (Fsp3) is 0.235. The fourth-order valence-electron chi connectivity index (χ4n) is 1.79. The molecule has 124 valence electrons. The molecule has 0 saturated carbocycles. The molecule has 1 atom stereocenters. The zero-order valence-electron chi connectivity index (χ0n) is 13.2. The fourth-order valence-corrected chi connectivity index (χ4v) is 1.79. The third-order valence-electron chi connectivity index (χ3n) is 2.84. The summed E-state index contributed by atoms with van der Waals surface area (Å²) in [5.74, 6) is 0.262. The van der Waals surface area contributed by atoms with Crippen molar-refractivity contribution in [3.63, 3.8) is 0 Å². The van der Waals surface area contributed by atoms with Crippen molar-refractivity contribution in [2.75, 3.05) is 18.9 Å². The summed E-state index contributed by atoms with van der Waals surface area (Å²) in [5, 5.41) is 32.9. The summed E-state index contributed by atoms with van der Waals surface area (Å²) in [6, 6.07) is 12.9. The van der Waals surface area contributed by atoms with Crippen LogP contribution in [0.15, 0.2) is 48.5 Å². The van der Waals surface area contributed by atoms with Gasteiger partial charge in [-0.2, -0.15) is 0 Å². The van der Waals surface area contributed by atoms with E-state index in [0.29, 0.717) is 12.2 Å². The number of nitrogens with one attached hydrogen (secondary N) is 2. The number of hydrogen-bond acceptors (Lipinski definition) is 5. The second kappa shape index (κ2) is 9.45. The molecule has 6 nitrogen and oxygen atoms in total. The maximum Gasteiger partial charge on any atom is 0.221 e. The van der Waals surface area contributed by atoms with E-state index in [1.54, 1.807) is 43.4 Å². The molecule has 0 radical (unpaired) electrons. The molecule has 0 aromatic heterocycles. The lowest BCUT2D eigenvalue weighted by Crippen LogP contribution is -2.16. The van der Waals surface area contributed by atoms with Gasteiger partial charge in [-0.1, -0.05) is 12.1 Å². The topological polar surface area (TPSA) is 102 Å². The molecule has 0 heterocycles. The number of aliphatic hydroxyl groups excluding tert-OH is 1. The Balaban J connectivity index is 0.000000231. The summed E-state index contributed by atoms with van der Waals surface area (Å²) < 4.78 is 0. The smallest absolute Gasteiger partial charge is 0.221 e. The van der Waals surface area contributed by atoms with Gasteiger partial charge < -0.3 is 26.0 Å². The predicted molar refractivity (Wildman–Crippen MR) is 89.4 cm³/mol. The van der Waals surface area contributed by atoms with E-state index in [0.717, 1.165) is 5.56 Å². The summed E-state index contributed by atoms with van der Waals surface area (Å²) in [6.45, 7) is 1.93. The van der Waals surface area contributed by atoms with E-state index < -0.39 is 6.10 Å². The molecule has 0 fully saturated rings. The minimum Gasteiger partial charge on any atom is -0.508 e. The number of anilines is 1. The number of carbonyl (C=O) groups excluding carboxylic acids is 1. The Morgan fingerprint density at radius 2 is 1.74 bits per heavy atom. The Morgan fingerprint density at radius 1 is 1.09 bits per heavy atom. The van der Waals surface area contributed by atoms with Gasteiger partial charge in [0.25, 0.3) is 0 Å². The lowest BCUT2D eigenvalue weighted by molar-refractivity contribution is -0.114. The summed E-state index contributed by atoms with van der Waals surface area (Å²) in [7, 11) is 1.77. The molecule has 1 amide bonds. The second-order valence-corrected chi connectivity index (χ2v) is 4.90.